The molecule has 1 heterocycles. The first-order valence-electron chi connectivity index (χ1n) is 4.78. The van der Waals surface area contributed by atoms with Crippen molar-refractivity contribution in [3.05, 3.63) is 30.0 Å². The molecular weight excluding hydrogens is 206 g/mol. The van der Waals surface area contributed by atoms with Crippen LogP contribution in [0.2, 0.25) is 0 Å². The predicted molar refractivity (Wildman–Crippen MR) is 59.0 cm³/mol. The van der Waals surface area contributed by atoms with Crippen molar-refractivity contribution in [3.8, 4) is 6.01 Å². The summed E-state index contributed by atoms with van der Waals surface area (Å²) in [5.41, 5.74) is 6.50. The minimum absolute atomic E-state index is 0.0827. The molecule has 1 amide bonds. The van der Waals surface area contributed by atoms with Gasteiger partial charge < -0.3 is 10.5 Å². The Hall–Kier alpha value is -2.17. The fourth-order valence-electron chi connectivity index (χ4n) is 1.51. The van der Waals surface area contributed by atoms with Crippen molar-refractivity contribution in [2.24, 2.45) is 5.73 Å². The number of ether oxygens (including phenoxy) is 1. The Morgan fingerprint density at radius 3 is 2.81 bits per heavy atom. The van der Waals surface area contributed by atoms with Crippen LogP contribution < -0.4 is 10.5 Å². The number of amides is 1. The van der Waals surface area contributed by atoms with Crippen molar-refractivity contribution >= 4 is 16.8 Å². The van der Waals surface area contributed by atoms with Crippen molar-refractivity contribution in [1.29, 1.82) is 0 Å². The van der Waals surface area contributed by atoms with Crippen molar-refractivity contribution in [1.82, 2.24) is 9.97 Å². The van der Waals surface area contributed by atoms with Gasteiger partial charge in [-0.1, -0.05) is 18.2 Å². The number of primary amides is 1. The van der Waals surface area contributed by atoms with Crippen LogP contribution >= 0.6 is 0 Å². The van der Waals surface area contributed by atoms with E-state index >= 15 is 0 Å². The Kier molecular flexibility index (Phi) is 2.68. The zero-order chi connectivity index (χ0) is 11.5. The first-order chi connectivity index (χ1) is 7.70. The van der Waals surface area contributed by atoms with Gasteiger partial charge in [0.05, 0.1) is 24.7 Å². The van der Waals surface area contributed by atoms with E-state index < -0.39 is 5.91 Å². The van der Waals surface area contributed by atoms with Crippen LogP contribution in [0.5, 0.6) is 6.01 Å². The van der Waals surface area contributed by atoms with E-state index in [4.69, 9.17) is 10.5 Å². The van der Waals surface area contributed by atoms with Gasteiger partial charge in [-0.25, -0.2) is 0 Å². The molecule has 82 valence electrons. The Balaban J connectivity index is 2.63. The number of hydrogen-bond donors (Lipinski definition) is 1. The molecule has 2 N–H and O–H groups in total. The van der Waals surface area contributed by atoms with Gasteiger partial charge in [0.15, 0.2) is 0 Å². The van der Waals surface area contributed by atoms with E-state index in [0.29, 0.717) is 5.69 Å². The van der Waals surface area contributed by atoms with E-state index in [1.54, 1.807) is 0 Å². The van der Waals surface area contributed by atoms with Crippen molar-refractivity contribution < 1.29 is 9.53 Å². The van der Waals surface area contributed by atoms with Crippen LogP contribution in [0.3, 0.4) is 0 Å². The van der Waals surface area contributed by atoms with Gasteiger partial charge in [-0.2, -0.15) is 9.97 Å². The number of hydrogen-bond acceptors (Lipinski definition) is 4. The third-order valence-corrected chi connectivity index (χ3v) is 2.19. The van der Waals surface area contributed by atoms with Gasteiger partial charge in [0.25, 0.3) is 0 Å². The summed E-state index contributed by atoms with van der Waals surface area (Å²) < 4.78 is 4.97. The normalized spacial score (nSPS) is 10.3. The maximum Gasteiger partial charge on any atom is 0.316 e. The monoisotopic (exact) mass is 217 g/mol. The highest BCUT2D eigenvalue weighted by molar-refractivity contribution is 5.86. The number of carbonyl (C=O) groups excluding carboxylic acids is 1. The third-order valence-electron chi connectivity index (χ3n) is 2.19. The molecule has 0 bridgehead atoms. The second-order valence-electron chi connectivity index (χ2n) is 3.32. The SMILES string of the molecule is COc1nc(CC(N)=O)c2ccccc2n1. The molecule has 0 aliphatic heterocycles. The standard InChI is InChI=1S/C11H11N3O2/c1-16-11-13-8-5-3-2-4-7(8)9(14-11)6-10(12)15/h2-5H,6H2,1H3,(H2,12,15). The number of aromatic nitrogens is 2. The highest BCUT2D eigenvalue weighted by Crippen LogP contribution is 2.18. The summed E-state index contributed by atoms with van der Waals surface area (Å²) in [6, 6.07) is 7.66. The maximum atomic E-state index is 10.9. The summed E-state index contributed by atoms with van der Waals surface area (Å²) >= 11 is 0. The molecule has 5 heteroatoms. The molecule has 0 saturated heterocycles. The number of nitrogens with two attached hydrogens (primary N) is 1. The lowest BCUT2D eigenvalue weighted by Gasteiger charge is -2.05. The second kappa shape index (κ2) is 4.14. The Morgan fingerprint density at radius 1 is 1.38 bits per heavy atom. The van der Waals surface area contributed by atoms with Crippen molar-refractivity contribution in [2.75, 3.05) is 7.11 Å². The number of benzene rings is 1. The molecule has 0 unspecified atom stereocenters. The Bertz CT molecular complexity index is 540. The van der Waals surface area contributed by atoms with Gasteiger partial charge in [0, 0.05) is 5.39 Å². The van der Waals surface area contributed by atoms with Crippen LogP contribution in [0, 0.1) is 0 Å². The molecule has 0 aliphatic carbocycles. The van der Waals surface area contributed by atoms with Crippen molar-refractivity contribution in [3.63, 3.8) is 0 Å². The smallest absolute Gasteiger partial charge is 0.316 e. The molecule has 0 radical (unpaired) electrons. The lowest BCUT2D eigenvalue weighted by molar-refractivity contribution is -0.117. The van der Waals surface area contributed by atoms with E-state index in [9.17, 15) is 4.79 Å². The largest absolute Gasteiger partial charge is 0.467 e. The molecule has 0 spiro atoms. The first kappa shape index (κ1) is 10.4. The second-order valence-corrected chi connectivity index (χ2v) is 3.32. The molecule has 1 aromatic heterocycles. The van der Waals surface area contributed by atoms with Gasteiger partial charge in [-0.15, -0.1) is 0 Å². The lowest BCUT2D eigenvalue weighted by Crippen LogP contribution is -2.15. The molecule has 0 aliphatic rings. The summed E-state index contributed by atoms with van der Waals surface area (Å²) in [6.45, 7) is 0. The molecule has 5 nitrogen and oxygen atoms in total. The van der Waals surface area contributed by atoms with Gasteiger partial charge in [-0.05, 0) is 6.07 Å². The number of nitrogens with zero attached hydrogens (tertiary/aromatic N) is 2. The highest BCUT2D eigenvalue weighted by atomic mass is 16.5. The van der Waals surface area contributed by atoms with Gasteiger partial charge in [0.1, 0.15) is 0 Å². The molecular formula is C11H11N3O2. The fraction of sp³-hybridized carbons (Fsp3) is 0.182. The van der Waals surface area contributed by atoms with Crippen LogP contribution in [0.15, 0.2) is 24.3 Å². The van der Waals surface area contributed by atoms with Gasteiger partial charge in [0.2, 0.25) is 5.91 Å². The zero-order valence-electron chi connectivity index (χ0n) is 8.80. The number of carbonyl (C=O) groups is 1. The average Bonchev–Trinajstić information content (AvgIpc) is 2.28. The minimum Gasteiger partial charge on any atom is -0.467 e. The topological polar surface area (TPSA) is 78.1 Å². The van der Waals surface area contributed by atoms with Gasteiger partial charge >= 0.3 is 6.01 Å². The lowest BCUT2D eigenvalue weighted by atomic mass is 10.1. The maximum absolute atomic E-state index is 10.9. The van der Waals surface area contributed by atoms with Crippen LogP contribution in [0.25, 0.3) is 10.9 Å². The van der Waals surface area contributed by atoms with E-state index in [1.807, 2.05) is 24.3 Å². The molecule has 0 fully saturated rings. The van der Waals surface area contributed by atoms with Crippen LogP contribution in [0.1, 0.15) is 5.69 Å². The number of para-hydroxylation sites is 1. The average molecular weight is 217 g/mol. The van der Waals surface area contributed by atoms with E-state index in [1.165, 1.54) is 7.11 Å². The number of rotatable bonds is 3. The van der Waals surface area contributed by atoms with E-state index in [-0.39, 0.29) is 12.4 Å². The Morgan fingerprint density at radius 2 is 2.12 bits per heavy atom. The summed E-state index contributed by atoms with van der Waals surface area (Å²) in [7, 11) is 1.48. The molecule has 2 aromatic rings. The number of methoxy groups -OCH3 is 1. The molecule has 2 rings (SSSR count). The van der Waals surface area contributed by atoms with Gasteiger partial charge in [-0.3, -0.25) is 4.79 Å². The number of fused-ring (bicyclic) bond motifs is 1. The van der Waals surface area contributed by atoms with Crippen LogP contribution in [-0.2, 0) is 11.2 Å². The minimum atomic E-state index is -0.425. The molecule has 0 atom stereocenters. The van der Waals surface area contributed by atoms with Crippen molar-refractivity contribution in [2.45, 2.75) is 6.42 Å². The summed E-state index contributed by atoms with van der Waals surface area (Å²) in [5, 5.41) is 0.821. The predicted octanol–water partition coefficient (Wildman–Crippen LogP) is 0.666. The summed E-state index contributed by atoms with van der Waals surface area (Å²) in [4.78, 5) is 19.2. The third kappa shape index (κ3) is 1.93. The Labute approximate surface area is 92.3 Å². The summed E-state index contributed by atoms with van der Waals surface area (Å²) in [6.07, 6.45) is 0.0827. The molecule has 1 aromatic carbocycles. The van der Waals surface area contributed by atoms with Crippen LogP contribution in [-0.4, -0.2) is 23.0 Å². The van der Waals surface area contributed by atoms with E-state index in [2.05, 4.69) is 9.97 Å². The zero-order valence-corrected chi connectivity index (χ0v) is 8.80. The molecule has 0 saturated carbocycles. The first-order valence-corrected chi connectivity index (χ1v) is 4.78. The fourth-order valence-corrected chi connectivity index (χ4v) is 1.51. The molecule has 16 heavy (non-hydrogen) atoms. The summed E-state index contributed by atoms with van der Waals surface area (Å²) in [5.74, 6) is -0.425. The van der Waals surface area contributed by atoms with E-state index in [0.717, 1.165) is 10.9 Å². The van der Waals surface area contributed by atoms with Crippen LogP contribution in [0.4, 0.5) is 0 Å². The quantitative estimate of drug-likeness (QED) is 0.819. The highest BCUT2D eigenvalue weighted by Gasteiger charge is 2.09.